The average molecular weight is 383 g/mol. The Morgan fingerprint density at radius 3 is 2.37 bits per heavy atom. The number of nitrogens with one attached hydrogen (secondary N) is 2. The second-order valence-electron chi connectivity index (χ2n) is 5.85. The summed E-state index contributed by atoms with van der Waals surface area (Å²) in [5, 5.41) is 11.1. The molecule has 0 saturated carbocycles. The Bertz CT molecular complexity index is 866. The molecule has 7 heteroatoms. The normalized spacial score (nSPS) is 12.6. The van der Waals surface area contributed by atoms with Gasteiger partial charge in [-0.25, -0.2) is 4.79 Å². The largest absolute Gasteiger partial charge is 0.494 e. The van der Waals surface area contributed by atoms with Crippen LogP contribution in [0.15, 0.2) is 54.2 Å². The van der Waals surface area contributed by atoms with E-state index in [0.717, 1.165) is 0 Å². The molecule has 1 amide bonds. The number of allylic oxidation sites excluding steroid dienone is 1. The molecule has 0 aliphatic rings. The number of hydrogen-bond donors (Lipinski definition) is 2. The fraction of sp³-hybridized carbons (Fsp3) is 0.200. The van der Waals surface area contributed by atoms with Crippen molar-refractivity contribution >= 4 is 42.5 Å². The molecule has 5 nitrogen and oxygen atoms in total. The standard InChI is InChI=1S/C20H20BClN2O3/c1-12(23)18(19(26-3)14-8-10-15(21)11-9-14)24-20(25)27-13(2)16-6-4-5-7-17(16)22/h4-11,13,23H,1-3H3,(H,24,25)/b19-18+,23-12?/t13-/m1/s1. The van der Waals surface area contributed by atoms with Gasteiger partial charge in [0, 0.05) is 16.1 Å². The van der Waals surface area contributed by atoms with Crippen molar-refractivity contribution in [2.75, 3.05) is 7.11 Å². The van der Waals surface area contributed by atoms with Gasteiger partial charge in [-0.15, -0.1) is 0 Å². The summed E-state index contributed by atoms with van der Waals surface area (Å²) in [5.41, 5.74) is 2.29. The van der Waals surface area contributed by atoms with Crippen LogP contribution in [0.3, 0.4) is 0 Å². The Hall–Kier alpha value is -2.73. The van der Waals surface area contributed by atoms with Crippen molar-refractivity contribution < 1.29 is 14.3 Å². The fourth-order valence-electron chi connectivity index (χ4n) is 2.48. The maximum Gasteiger partial charge on any atom is 0.412 e. The van der Waals surface area contributed by atoms with Crippen LogP contribution in [0.5, 0.6) is 0 Å². The molecule has 27 heavy (non-hydrogen) atoms. The lowest BCUT2D eigenvalue weighted by Gasteiger charge is -2.18. The zero-order chi connectivity index (χ0) is 20.0. The van der Waals surface area contributed by atoms with Crippen molar-refractivity contribution in [3.05, 3.63) is 70.4 Å². The van der Waals surface area contributed by atoms with E-state index in [9.17, 15) is 4.79 Å². The molecule has 0 aromatic heterocycles. The van der Waals surface area contributed by atoms with Gasteiger partial charge in [0.15, 0.2) is 5.76 Å². The first kappa shape index (κ1) is 20.6. The summed E-state index contributed by atoms with van der Waals surface area (Å²) >= 11 is 6.14. The van der Waals surface area contributed by atoms with Gasteiger partial charge in [-0.1, -0.05) is 59.5 Å². The van der Waals surface area contributed by atoms with Gasteiger partial charge in [0.25, 0.3) is 0 Å². The van der Waals surface area contributed by atoms with Gasteiger partial charge in [0.2, 0.25) is 0 Å². The number of rotatable bonds is 6. The number of benzene rings is 2. The van der Waals surface area contributed by atoms with E-state index in [1.54, 1.807) is 56.3 Å². The highest BCUT2D eigenvalue weighted by atomic mass is 35.5. The third-order valence-corrected chi connectivity index (χ3v) is 4.18. The maximum atomic E-state index is 12.4. The fourth-order valence-corrected chi connectivity index (χ4v) is 2.77. The third kappa shape index (κ3) is 5.37. The molecule has 0 spiro atoms. The van der Waals surface area contributed by atoms with Crippen LogP contribution in [-0.4, -0.2) is 26.8 Å². The van der Waals surface area contributed by atoms with E-state index in [1.807, 2.05) is 6.07 Å². The summed E-state index contributed by atoms with van der Waals surface area (Å²) in [4.78, 5) is 12.4. The molecule has 138 valence electrons. The van der Waals surface area contributed by atoms with Crippen molar-refractivity contribution in [1.29, 1.82) is 5.41 Å². The van der Waals surface area contributed by atoms with Gasteiger partial charge in [-0.2, -0.15) is 0 Å². The van der Waals surface area contributed by atoms with Gasteiger partial charge < -0.3 is 14.9 Å². The number of carbonyl (C=O) groups is 1. The highest BCUT2D eigenvalue weighted by Crippen LogP contribution is 2.25. The summed E-state index contributed by atoms with van der Waals surface area (Å²) in [7, 11) is 7.17. The highest BCUT2D eigenvalue weighted by molar-refractivity contribution is 6.32. The molecule has 2 N–H and O–H groups in total. The Morgan fingerprint density at radius 1 is 1.19 bits per heavy atom. The summed E-state index contributed by atoms with van der Waals surface area (Å²) in [5.74, 6) is 0.338. The van der Waals surface area contributed by atoms with Crippen LogP contribution in [0.2, 0.25) is 5.02 Å². The molecule has 2 radical (unpaired) electrons. The van der Waals surface area contributed by atoms with E-state index in [2.05, 4.69) is 5.32 Å². The summed E-state index contributed by atoms with van der Waals surface area (Å²) in [6.07, 6.45) is -1.28. The van der Waals surface area contributed by atoms with Crippen LogP contribution in [0.25, 0.3) is 5.76 Å². The molecular formula is C20H20BClN2O3. The number of alkyl carbamates (subject to hydrolysis) is 1. The molecule has 0 fully saturated rings. The molecule has 0 unspecified atom stereocenters. The first-order chi connectivity index (χ1) is 12.8. The van der Waals surface area contributed by atoms with Gasteiger partial charge in [0.05, 0.1) is 12.8 Å². The van der Waals surface area contributed by atoms with E-state index in [4.69, 9.17) is 34.3 Å². The molecule has 0 bridgehead atoms. The highest BCUT2D eigenvalue weighted by Gasteiger charge is 2.19. The Balaban J connectivity index is 2.24. The second kappa shape index (κ2) is 9.28. The summed E-state index contributed by atoms with van der Waals surface area (Å²) in [6, 6.07) is 14.0. The van der Waals surface area contributed by atoms with Crippen LogP contribution < -0.4 is 10.8 Å². The number of hydrogen-bond acceptors (Lipinski definition) is 4. The lowest BCUT2D eigenvalue weighted by atomic mass is 9.94. The average Bonchev–Trinajstić information content (AvgIpc) is 2.63. The predicted molar refractivity (Wildman–Crippen MR) is 109 cm³/mol. The van der Waals surface area contributed by atoms with Crippen molar-refractivity contribution in [3.8, 4) is 0 Å². The van der Waals surface area contributed by atoms with E-state index >= 15 is 0 Å². The molecule has 2 rings (SSSR count). The van der Waals surface area contributed by atoms with Crippen LogP contribution in [0, 0.1) is 5.41 Å². The van der Waals surface area contributed by atoms with E-state index in [0.29, 0.717) is 27.4 Å². The van der Waals surface area contributed by atoms with E-state index in [-0.39, 0.29) is 11.4 Å². The molecule has 2 aromatic carbocycles. The van der Waals surface area contributed by atoms with Crippen molar-refractivity contribution in [1.82, 2.24) is 5.32 Å². The molecule has 2 aromatic rings. The minimum atomic E-state index is -0.714. The number of ether oxygens (including phenoxy) is 2. The first-order valence-corrected chi connectivity index (χ1v) is 8.63. The summed E-state index contributed by atoms with van der Waals surface area (Å²) < 4.78 is 10.8. The Morgan fingerprint density at radius 2 is 1.81 bits per heavy atom. The summed E-state index contributed by atoms with van der Waals surface area (Å²) in [6.45, 7) is 3.27. The Labute approximate surface area is 165 Å². The number of methoxy groups -OCH3 is 1. The number of halogens is 1. The number of carbonyl (C=O) groups excluding carboxylic acids is 1. The number of amides is 1. The zero-order valence-electron chi connectivity index (χ0n) is 15.4. The van der Waals surface area contributed by atoms with Gasteiger partial charge in [0.1, 0.15) is 19.6 Å². The van der Waals surface area contributed by atoms with Crippen LogP contribution in [-0.2, 0) is 9.47 Å². The van der Waals surface area contributed by atoms with E-state index in [1.165, 1.54) is 7.11 Å². The quantitative estimate of drug-likeness (QED) is 0.451. The monoisotopic (exact) mass is 382 g/mol. The lowest BCUT2D eigenvalue weighted by Crippen LogP contribution is -2.29. The molecular weight excluding hydrogens is 362 g/mol. The topological polar surface area (TPSA) is 71.4 Å². The SMILES string of the molecule is [B]c1ccc(/C(OC)=C(\NC(=O)O[C@H](C)c2ccccc2Cl)C(C)=N)cc1. The zero-order valence-corrected chi connectivity index (χ0v) is 16.1. The lowest BCUT2D eigenvalue weighted by molar-refractivity contribution is 0.110. The van der Waals surface area contributed by atoms with Gasteiger partial charge >= 0.3 is 6.09 Å². The van der Waals surface area contributed by atoms with E-state index < -0.39 is 12.2 Å². The second-order valence-corrected chi connectivity index (χ2v) is 6.26. The van der Waals surface area contributed by atoms with Gasteiger partial charge in [-0.05, 0) is 19.9 Å². The minimum absolute atomic E-state index is 0.117. The first-order valence-electron chi connectivity index (χ1n) is 8.25. The van der Waals surface area contributed by atoms with Crippen LogP contribution in [0.1, 0.15) is 31.1 Å². The minimum Gasteiger partial charge on any atom is -0.494 e. The third-order valence-electron chi connectivity index (χ3n) is 3.83. The van der Waals surface area contributed by atoms with Crippen LogP contribution >= 0.6 is 11.6 Å². The van der Waals surface area contributed by atoms with Crippen molar-refractivity contribution in [3.63, 3.8) is 0 Å². The maximum absolute atomic E-state index is 12.4. The molecule has 1 atom stereocenters. The van der Waals surface area contributed by atoms with Crippen LogP contribution in [0.4, 0.5) is 4.79 Å². The smallest absolute Gasteiger partial charge is 0.412 e. The molecule has 0 saturated heterocycles. The van der Waals surface area contributed by atoms with Gasteiger partial charge in [-0.3, -0.25) is 5.32 Å². The molecule has 0 aliphatic carbocycles. The molecule has 0 aliphatic heterocycles. The van der Waals surface area contributed by atoms with Crippen molar-refractivity contribution in [2.45, 2.75) is 20.0 Å². The van der Waals surface area contributed by atoms with Crippen molar-refractivity contribution in [2.24, 2.45) is 0 Å². The Kier molecular flexibility index (Phi) is 7.08. The molecule has 0 heterocycles. The predicted octanol–water partition coefficient (Wildman–Crippen LogP) is 3.98.